The number of hydrogen-bond acceptors (Lipinski definition) is 3. The second kappa shape index (κ2) is 6.19. The fourth-order valence-corrected chi connectivity index (χ4v) is 2.25. The van der Waals surface area contributed by atoms with E-state index >= 15 is 0 Å². The molecule has 7 heteroatoms. The average molecular weight is 280 g/mol. The number of halogens is 3. The summed E-state index contributed by atoms with van der Waals surface area (Å²) in [6, 6.07) is 1.08. The van der Waals surface area contributed by atoms with Gasteiger partial charge in [0.15, 0.2) is 0 Å². The molecule has 0 bridgehead atoms. The Bertz CT molecular complexity index is 403. The van der Waals surface area contributed by atoms with Gasteiger partial charge in [0.25, 0.3) is 0 Å². The van der Waals surface area contributed by atoms with Gasteiger partial charge in [0, 0.05) is 24.4 Å². The van der Waals surface area contributed by atoms with Gasteiger partial charge in [-0.15, -0.1) is 11.3 Å². The van der Waals surface area contributed by atoms with Crippen molar-refractivity contribution in [2.75, 3.05) is 5.32 Å². The van der Waals surface area contributed by atoms with Crippen LogP contribution in [0.1, 0.15) is 25.1 Å². The molecule has 1 heterocycles. The normalized spacial score (nSPS) is 13.4. The average Bonchev–Trinajstić information content (AvgIpc) is 2.58. The quantitative estimate of drug-likeness (QED) is 0.870. The third-order valence-corrected chi connectivity index (χ3v) is 3.13. The maximum Gasteiger partial charge on any atom is 0.390 e. The van der Waals surface area contributed by atoms with E-state index < -0.39 is 18.6 Å². The summed E-state index contributed by atoms with van der Waals surface area (Å²) in [5.41, 5.74) is 0.652. The monoisotopic (exact) mass is 280 g/mol. The van der Waals surface area contributed by atoms with Crippen molar-refractivity contribution in [3.63, 3.8) is 0 Å². The van der Waals surface area contributed by atoms with E-state index in [9.17, 15) is 18.0 Å². The minimum Gasteiger partial charge on any atom is -0.325 e. The van der Waals surface area contributed by atoms with Crippen molar-refractivity contribution >= 4 is 22.9 Å². The van der Waals surface area contributed by atoms with Crippen LogP contribution in [0.25, 0.3) is 0 Å². The van der Waals surface area contributed by atoms with Crippen LogP contribution in [-0.4, -0.2) is 18.1 Å². The summed E-state index contributed by atoms with van der Waals surface area (Å²) in [4.78, 5) is 11.7. The van der Waals surface area contributed by atoms with Gasteiger partial charge >= 0.3 is 6.18 Å². The highest BCUT2D eigenvalue weighted by atomic mass is 32.1. The van der Waals surface area contributed by atoms with Crippen molar-refractivity contribution in [2.45, 2.75) is 39.0 Å². The molecule has 0 fully saturated rings. The largest absolute Gasteiger partial charge is 0.390 e. The minimum absolute atomic E-state index is 0.196. The Morgan fingerprint density at radius 2 is 2.17 bits per heavy atom. The molecule has 18 heavy (non-hydrogen) atoms. The Labute approximate surface area is 107 Å². The van der Waals surface area contributed by atoms with Crippen molar-refractivity contribution in [2.24, 2.45) is 0 Å². The second-order valence-corrected chi connectivity index (χ2v) is 5.04. The molecule has 0 aliphatic heterocycles. The molecule has 0 radical (unpaired) electrons. The summed E-state index contributed by atoms with van der Waals surface area (Å²) in [5, 5.41) is 7.22. The molecule has 0 saturated heterocycles. The molecule has 0 aliphatic rings. The lowest BCUT2D eigenvalue weighted by molar-refractivity contribution is -0.139. The standard InChI is InChI=1S/C11H15F3N2OS/c1-7(5-11(12,13)14)15-6-10-9(3-4-18-10)16-8(2)17/h3-4,7,15H,5-6H2,1-2H3,(H,16,17). The Morgan fingerprint density at radius 1 is 1.50 bits per heavy atom. The van der Waals surface area contributed by atoms with Crippen molar-refractivity contribution in [3.05, 3.63) is 16.3 Å². The summed E-state index contributed by atoms with van der Waals surface area (Å²) in [6.45, 7) is 3.19. The number of carbonyl (C=O) groups excluding carboxylic acids is 1. The SMILES string of the molecule is CC(=O)Nc1ccsc1CNC(C)CC(F)(F)F. The maximum absolute atomic E-state index is 12.1. The summed E-state index contributed by atoms with van der Waals surface area (Å²) in [5.74, 6) is -0.196. The van der Waals surface area contributed by atoms with Gasteiger partial charge in [-0.2, -0.15) is 13.2 Å². The van der Waals surface area contributed by atoms with Crippen LogP contribution in [0.3, 0.4) is 0 Å². The van der Waals surface area contributed by atoms with Crippen molar-refractivity contribution in [1.29, 1.82) is 0 Å². The molecule has 1 rings (SSSR count). The molecule has 1 atom stereocenters. The predicted octanol–water partition coefficient (Wildman–Crippen LogP) is 3.14. The Balaban J connectivity index is 2.48. The molecule has 1 aromatic heterocycles. The highest BCUT2D eigenvalue weighted by Crippen LogP contribution is 2.24. The fraction of sp³-hybridized carbons (Fsp3) is 0.545. The van der Waals surface area contributed by atoms with Crippen LogP contribution in [-0.2, 0) is 11.3 Å². The van der Waals surface area contributed by atoms with Gasteiger partial charge in [-0.1, -0.05) is 0 Å². The molecule has 2 N–H and O–H groups in total. The third kappa shape index (κ3) is 5.50. The number of anilines is 1. The number of rotatable bonds is 5. The van der Waals surface area contributed by atoms with Crippen LogP contribution in [0.15, 0.2) is 11.4 Å². The summed E-state index contributed by atoms with van der Waals surface area (Å²) in [6.07, 6.45) is -5.03. The van der Waals surface area contributed by atoms with Crippen molar-refractivity contribution in [3.8, 4) is 0 Å². The molecule has 3 nitrogen and oxygen atoms in total. The molecule has 0 aromatic carbocycles. The minimum atomic E-state index is -4.16. The van der Waals surface area contributed by atoms with Crippen LogP contribution >= 0.6 is 11.3 Å². The first-order valence-electron chi connectivity index (χ1n) is 5.42. The molecule has 1 amide bonds. The van der Waals surface area contributed by atoms with Crippen LogP contribution < -0.4 is 10.6 Å². The van der Waals surface area contributed by atoms with Crippen LogP contribution in [0, 0.1) is 0 Å². The van der Waals surface area contributed by atoms with Crippen molar-refractivity contribution < 1.29 is 18.0 Å². The molecule has 0 spiro atoms. The lowest BCUT2D eigenvalue weighted by atomic mass is 10.2. The number of alkyl halides is 3. The number of thiophene rings is 1. The number of amides is 1. The lowest BCUT2D eigenvalue weighted by Crippen LogP contribution is -2.30. The number of carbonyl (C=O) groups is 1. The topological polar surface area (TPSA) is 41.1 Å². The van der Waals surface area contributed by atoms with E-state index in [0.717, 1.165) is 4.88 Å². The predicted molar refractivity (Wildman–Crippen MR) is 65.6 cm³/mol. The van der Waals surface area contributed by atoms with E-state index in [1.54, 1.807) is 11.4 Å². The molecule has 0 saturated carbocycles. The molecular formula is C11H15F3N2OS. The summed E-state index contributed by atoms with van der Waals surface area (Å²) in [7, 11) is 0. The zero-order chi connectivity index (χ0) is 13.8. The van der Waals surface area contributed by atoms with E-state index in [4.69, 9.17) is 0 Å². The fourth-order valence-electron chi connectivity index (χ4n) is 1.46. The smallest absolute Gasteiger partial charge is 0.325 e. The van der Waals surface area contributed by atoms with E-state index in [1.165, 1.54) is 25.2 Å². The first-order valence-corrected chi connectivity index (χ1v) is 6.30. The maximum atomic E-state index is 12.1. The molecule has 1 unspecified atom stereocenters. The highest BCUT2D eigenvalue weighted by Gasteiger charge is 2.29. The molecular weight excluding hydrogens is 265 g/mol. The summed E-state index contributed by atoms with van der Waals surface area (Å²) >= 11 is 1.39. The van der Waals surface area contributed by atoms with Gasteiger partial charge in [0.1, 0.15) is 0 Å². The van der Waals surface area contributed by atoms with Gasteiger partial charge in [0.2, 0.25) is 5.91 Å². The van der Waals surface area contributed by atoms with Gasteiger partial charge in [-0.25, -0.2) is 0 Å². The second-order valence-electron chi connectivity index (χ2n) is 4.04. The molecule has 0 aliphatic carbocycles. The zero-order valence-electron chi connectivity index (χ0n) is 10.1. The van der Waals surface area contributed by atoms with Crippen LogP contribution in [0.5, 0.6) is 0 Å². The van der Waals surface area contributed by atoms with Gasteiger partial charge in [0.05, 0.1) is 12.1 Å². The Morgan fingerprint density at radius 3 is 2.72 bits per heavy atom. The van der Waals surface area contributed by atoms with E-state index in [-0.39, 0.29) is 5.91 Å². The van der Waals surface area contributed by atoms with E-state index in [0.29, 0.717) is 12.2 Å². The Kier molecular flexibility index (Phi) is 5.15. The third-order valence-electron chi connectivity index (χ3n) is 2.20. The molecule has 102 valence electrons. The first-order chi connectivity index (χ1) is 8.28. The van der Waals surface area contributed by atoms with E-state index in [2.05, 4.69) is 10.6 Å². The summed E-state index contributed by atoms with van der Waals surface area (Å²) < 4.78 is 36.4. The highest BCUT2D eigenvalue weighted by molar-refractivity contribution is 7.10. The van der Waals surface area contributed by atoms with Crippen molar-refractivity contribution in [1.82, 2.24) is 5.32 Å². The van der Waals surface area contributed by atoms with Gasteiger partial charge in [-0.05, 0) is 18.4 Å². The van der Waals surface area contributed by atoms with Crippen LogP contribution in [0.2, 0.25) is 0 Å². The lowest BCUT2D eigenvalue weighted by Gasteiger charge is -2.15. The Hall–Kier alpha value is -1.08. The molecule has 1 aromatic rings. The first kappa shape index (κ1) is 15.0. The number of nitrogens with one attached hydrogen (secondary N) is 2. The zero-order valence-corrected chi connectivity index (χ0v) is 10.9. The number of hydrogen-bond donors (Lipinski definition) is 2. The van der Waals surface area contributed by atoms with Gasteiger partial charge < -0.3 is 10.6 Å². The van der Waals surface area contributed by atoms with Crippen LogP contribution in [0.4, 0.5) is 18.9 Å². The van der Waals surface area contributed by atoms with Gasteiger partial charge in [-0.3, -0.25) is 4.79 Å². The van der Waals surface area contributed by atoms with E-state index in [1.807, 2.05) is 0 Å².